The number of rotatable bonds is 6. The van der Waals surface area contributed by atoms with Crippen LogP contribution in [0.5, 0.6) is 5.75 Å². The van der Waals surface area contributed by atoms with Gasteiger partial charge < -0.3 is 19.5 Å². The van der Waals surface area contributed by atoms with E-state index >= 15 is 0 Å². The maximum absolute atomic E-state index is 12.5. The van der Waals surface area contributed by atoms with Crippen molar-refractivity contribution in [2.24, 2.45) is 0 Å². The maximum Gasteiger partial charge on any atom is 0.322 e. The number of hydrogen-bond donors (Lipinski definition) is 1. The summed E-state index contributed by atoms with van der Waals surface area (Å²) in [5.74, 6) is 1.56. The first kappa shape index (κ1) is 18.7. The van der Waals surface area contributed by atoms with Crippen LogP contribution in [0.2, 0.25) is 5.02 Å². The summed E-state index contributed by atoms with van der Waals surface area (Å²) < 4.78 is 10.4. The number of urea groups is 1. The van der Waals surface area contributed by atoms with Crippen LogP contribution >= 0.6 is 11.6 Å². The Bertz CT molecular complexity index is 911. The molecule has 0 saturated carbocycles. The normalized spacial score (nSPS) is 10.5. The molecule has 0 saturated heterocycles. The lowest BCUT2D eigenvalue weighted by Crippen LogP contribution is -2.34. The quantitative estimate of drug-likeness (QED) is 0.676. The Balaban J connectivity index is 1.67. The molecule has 0 bridgehead atoms. The second-order valence-corrected chi connectivity index (χ2v) is 6.13. The number of aromatic nitrogens is 2. The zero-order valence-corrected chi connectivity index (χ0v) is 15.7. The minimum Gasteiger partial charge on any atom is -0.497 e. The van der Waals surface area contributed by atoms with Crippen molar-refractivity contribution in [3.8, 4) is 17.1 Å². The van der Waals surface area contributed by atoms with E-state index in [9.17, 15) is 4.79 Å². The largest absolute Gasteiger partial charge is 0.497 e. The summed E-state index contributed by atoms with van der Waals surface area (Å²) in [6.07, 6.45) is 0. The van der Waals surface area contributed by atoms with Gasteiger partial charge in [-0.25, -0.2) is 4.79 Å². The van der Waals surface area contributed by atoms with Gasteiger partial charge in [0.2, 0.25) is 11.7 Å². The molecule has 0 fully saturated rings. The van der Waals surface area contributed by atoms with Gasteiger partial charge in [-0.05, 0) is 49.4 Å². The molecule has 0 aliphatic carbocycles. The van der Waals surface area contributed by atoms with Crippen LogP contribution in [0, 0.1) is 0 Å². The molecule has 7 nitrogen and oxygen atoms in total. The lowest BCUT2D eigenvalue weighted by Gasteiger charge is -2.19. The average Bonchev–Trinajstić information content (AvgIpc) is 3.14. The van der Waals surface area contributed by atoms with Crippen LogP contribution in [0.4, 0.5) is 10.5 Å². The fraction of sp³-hybridized carbons (Fsp3) is 0.211. The molecule has 1 heterocycles. The van der Waals surface area contributed by atoms with Crippen LogP contribution in [0.1, 0.15) is 12.8 Å². The van der Waals surface area contributed by atoms with Crippen molar-refractivity contribution in [2.45, 2.75) is 13.5 Å². The van der Waals surface area contributed by atoms with Crippen molar-refractivity contribution >= 4 is 23.3 Å². The monoisotopic (exact) mass is 386 g/mol. The zero-order valence-electron chi connectivity index (χ0n) is 15.0. The molecule has 3 rings (SSSR count). The Morgan fingerprint density at radius 2 is 2.04 bits per heavy atom. The number of nitrogens with zero attached hydrogens (tertiary/aromatic N) is 3. The molecular formula is C19H19ClN4O3. The molecule has 3 aromatic rings. The summed E-state index contributed by atoms with van der Waals surface area (Å²) in [6, 6.07) is 14.0. The van der Waals surface area contributed by atoms with Crippen LogP contribution < -0.4 is 10.1 Å². The minimum atomic E-state index is -0.274. The van der Waals surface area contributed by atoms with Crippen LogP contribution in [0.25, 0.3) is 11.4 Å². The Morgan fingerprint density at radius 3 is 2.70 bits per heavy atom. The molecule has 27 heavy (non-hydrogen) atoms. The number of ether oxygens (including phenoxy) is 1. The Hall–Kier alpha value is -3.06. The molecule has 0 atom stereocenters. The van der Waals surface area contributed by atoms with Crippen molar-refractivity contribution < 1.29 is 14.1 Å². The Morgan fingerprint density at radius 1 is 1.26 bits per heavy atom. The summed E-state index contributed by atoms with van der Waals surface area (Å²) in [6.45, 7) is 2.55. The number of carbonyl (C=O) groups excluding carboxylic acids is 1. The summed E-state index contributed by atoms with van der Waals surface area (Å²) >= 11 is 5.95. The number of anilines is 1. The minimum absolute atomic E-state index is 0.200. The molecular weight excluding hydrogens is 368 g/mol. The van der Waals surface area contributed by atoms with Gasteiger partial charge in [0, 0.05) is 22.8 Å². The molecule has 0 spiro atoms. The highest BCUT2D eigenvalue weighted by molar-refractivity contribution is 6.30. The molecule has 140 valence electrons. The van der Waals surface area contributed by atoms with Crippen LogP contribution in [-0.2, 0) is 6.54 Å². The summed E-state index contributed by atoms with van der Waals surface area (Å²) in [5, 5.41) is 7.34. The van der Waals surface area contributed by atoms with E-state index in [1.807, 2.05) is 31.2 Å². The SMILES string of the molecule is CCN(Cc1nc(-c2ccc(OC)cc2)no1)C(=O)Nc1cccc(Cl)c1. The third kappa shape index (κ3) is 4.77. The molecule has 0 radical (unpaired) electrons. The highest BCUT2D eigenvalue weighted by Crippen LogP contribution is 2.20. The van der Waals surface area contributed by atoms with Crippen molar-refractivity contribution in [2.75, 3.05) is 19.0 Å². The van der Waals surface area contributed by atoms with Crippen molar-refractivity contribution in [3.63, 3.8) is 0 Å². The first-order chi connectivity index (χ1) is 13.1. The van der Waals surface area contributed by atoms with Gasteiger partial charge in [-0.2, -0.15) is 4.98 Å². The summed E-state index contributed by atoms with van der Waals surface area (Å²) in [5.41, 5.74) is 1.42. The Labute approximate surface area is 161 Å². The molecule has 0 aliphatic heterocycles. The number of amides is 2. The van der Waals surface area contributed by atoms with Gasteiger partial charge in [-0.1, -0.05) is 22.8 Å². The molecule has 0 aliphatic rings. The predicted molar refractivity (Wildman–Crippen MR) is 103 cm³/mol. The van der Waals surface area contributed by atoms with E-state index in [1.165, 1.54) is 0 Å². The molecule has 1 aromatic heterocycles. The first-order valence-electron chi connectivity index (χ1n) is 8.37. The van der Waals surface area contributed by atoms with Crippen LogP contribution in [-0.4, -0.2) is 34.7 Å². The van der Waals surface area contributed by atoms with Crippen LogP contribution in [0.3, 0.4) is 0 Å². The van der Waals surface area contributed by atoms with E-state index in [0.717, 1.165) is 11.3 Å². The third-order valence-corrected chi connectivity index (χ3v) is 4.12. The smallest absolute Gasteiger partial charge is 0.322 e. The molecule has 8 heteroatoms. The fourth-order valence-electron chi connectivity index (χ4n) is 2.44. The van der Waals surface area contributed by atoms with E-state index < -0.39 is 0 Å². The summed E-state index contributed by atoms with van der Waals surface area (Å²) in [4.78, 5) is 18.4. The first-order valence-corrected chi connectivity index (χ1v) is 8.75. The third-order valence-electron chi connectivity index (χ3n) is 3.89. The lowest BCUT2D eigenvalue weighted by atomic mass is 10.2. The highest BCUT2D eigenvalue weighted by Gasteiger charge is 2.17. The topological polar surface area (TPSA) is 80.5 Å². The number of hydrogen-bond acceptors (Lipinski definition) is 5. The van der Waals surface area contributed by atoms with E-state index in [1.54, 1.807) is 36.3 Å². The summed E-state index contributed by atoms with van der Waals surface area (Å²) in [7, 11) is 1.61. The van der Waals surface area contributed by atoms with E-state index in [2.05, 4.69) is 15.5 Å². The van der Waals surface area contributed by atoms with Gasteiger partial charge in [0.25, 0.3) is 0 Å². The highest BCUT2D eigenvalue weighted by atomic mass is 35.5. The number of carbonyl (C=O) groups is 1. The van der Waals surface area contributed by atoms with Crippen molar-refractivity contribution in [1.29, 1.82) is 0 Å². The predicted octanol–water partition coefficient (Wildman–Crippen LogP) is 4.45. The van der Waals surface area contributed by atoms with Crippen molar-refractivity contribution in [3.05, 3.63) is 59.4 Å². The number of halogens is 1. The van der Waals surface area contributed by atoms with Crippen molar-refractivity contribution in [1.82, 2.24) is 15.0 Å². The molecule has 1 N–H and O–H groups in total. The molecule has 2 aromatic carbocycles. The van der Waals surface area contributed by atoms with E-state index in [4.69, 9.17) is 20.9 Å². The van der Waals surface area contributed by atoms with Gasteiger partial charge in [0.1, 0.15) is 12.3 Å². The van der Waals surface area contributed by atoms with Gasteiger partial charge in [0.15, 0.2) is 0 Å². The van der Waals surface area contributed by atoms with Gasteiger partial charge >= 0.3 is 6.03 Å². The number of methoxy groups -OCH3 is 1. The Kier molecular flexibility index (Phi) is 5.93. The van der Waals surface area contributed by atoms with E-state index in [-0.39, 0.29) is 12.6 Å². The van der Waals surface area contributed by atoms with E-state index in [0.29, 0.717) is 29.0 Å². The second-order valence-electron chi connectivity index (χ2n) is 5.69. The van der Waals surface area contributed by atoms with Gasteiger partial charge in [-0.15, -0.1) is 0 Å². The van der Waals surface area contributed by atoms with Gasteiger partial charge in [0.05, 0.1) is 7.11 Å². The molecule has 2 amide bonds. The maximum atomic E-state index is 12.5. The lowest BCUT2D eigenvalue weighted by molar-refractivity contribution is 0.203. The van der Waals surface area contributed by atoms with Gasteiger partial charge in [-0.3, -0.25) is 0 Å². The molecule has 0 unspecified atom stereocenters. The standard InChI is InChI=1S/C19H19ClN4O3/c1-3-24(19(25)21-15-6-4-5-14(20)11-15)12-17-22-18(23-27-17)13-7-9-16(26-2)10-8-13/h4-11H,3,12H2,1-2H3,(H,21,25). The zero-order chi connectivity index (χ0) is 19.2. The number of benzene rings is 2. The van der Waals surface area contributed by atoms with Crippen LogP contribution in [0.15, 0.2) is 53.1 Å². The average molecular weight is 387 g/mol. The number of nitrogens with one attached hydrogen (secondary N) is 1. The fourth-order valence-corrected chi connectivity index (χ4v) is 2.63. The second kappa shape index (κ2) is 8.55.